The van der Waals surface area contributed by atoms with E-state index in [9.17, 15) is 9.59 Å². The lowest BCUT2D eigenvalue weighted by Crippen LogP contribution is -2.33. The molecular weight excluding hydrogens is 459 g/mol. The largest absolute Gasteiger partial charge is 0.497 e. The molecule has 0 saturated carbocycles. The predicted molar refractivity (Wildman–Crippen MR) is 126 cm³/mol. The number of ether oxygens (including phenoxy) is 1. The molecule has 0 spiro atoms. The highest BCUT2D eigenvalue weighted by Crippen LogP contribution is 2.38. The summed E-state index contributed by atoms with van der Waals surface area (Å²) in [5.74, 6) is -0.0191. The number of amidine groups is 1. The van der Waals surface area contributed by atoms with Crippen molar-refractivity contribution in [1.29, 1.82) is 0 Å². The van der Waals surface area contributed by atoms with Crippen LogP contribution in [-0.4, -0.2) is 29.8 Å². The van der Waals surface area contributed by atoms with Crippen LogP contribution in [0, 0.1) is 0 Å². The van der Waals surface area contributed by atoms with Crippen LogP contribution in [0.3, 0.4) is 0 Å². The Morgan fingerprint density at radius 1 is 1.23 bits per heavy atom. The van der Waals surface area contributed by atoms with E-state index >= 15 is 0 Å². The lowest BCUT2D eigenvalue weighted by molar-refractivity contribution is -0.115. The SMILES string of the molecule is COc1ccc(NC(=O)CSC2=N[C@@H](c3cccc(Cl)c3Cl)C(C(N)=O)=C(C)N2)cc1. The molecule has 4 N–H and O–H groups in total. The van der Waals surface area contributed by atoms with Crippen LogP contribution in [0.1, 0.15) is 18.5 Å². The maximum absolute atomic E-state index is 12.3. The summed E-state index contributed by atoms with van der Waals surface area (Å²) in [4.78, 5) is 29.0. The summed E-state index contributed by atoms with van der Waals surface area (Å²) in [5.41, 5.74) is 7.63. The second-order valence-electron chi connectivity index (χ2n) is 6.57. The standard InChI is InChI=1S/C21H20Cl2N4O3S/c1-11-17(20(24)29)19(14-4-3-5-15(22)18(14)23)27-21(25-11)31-10-16(28)26-12-6-8-13(30-2)9-7-12/h3-9,19H,10H2,1-2H3,(H2,24,29)(H,25,27)(H,26,28)/t19-/m0/s1. The molecule has 0 radical (unpaired) electrons. The molecule has 7 nitrogen and oxygen atoms in total. The van der Waals surface area contributed by atoms with Gasteiger partial charge in [0.2, 0.25) is 11.8 Å². The fraction of sp³-hybridized carbons (Fsp3) is 0.190. The summed E-state index contributed by atoms with van der Waals surface area (Å²) in [7, 11) is 1.58. The van der Waals surface area contributed by atoms with Crippen LogP contribution in [0.25, 0.3) is 0 Å². The number of anilines is 1. The fourth-order valence-electron chi connectivity index (χ4n) is 3.00. The number of rotatable bonds is 6. The number of primary amides is 1. The first-order valence-electron chi connectivity index (χ1n) is 9.16. The van der Waals surface area contributed by atoms with Gasteiger partial charge >= 0.3 is 0 Å². The molecule has 0 bridgehead atoms. The van der Waals surface area contributed by atoms with Gasteiger partial charge in [-0.1, -0.05) is 47.1 Å². The minimum Gasteiger partial charge on any atom is -0.497 e. The highest BCUT2D eigenvalue weighted by Gasteiger charge is 2.30. The number of nitrogens with one attached hydrogen (secondary N) is 2. The number of thioether (sulfide) groups is 1. The van der Waals surface area contributed by atoms with Gasteiger partial charge in [0, 0.05) is 16.9 Å². The van der Waals surface area contributed by atoms with Gasteiger partial charge in [-0.15, -0.1) is 0 Å². The molecule has 1 aliphatic heterocycles. The Bertz CT molecular complexity index is 1070. The number of nitrogens with zero attached hydrogens (tertiary/aromatic N) is 1. The van der Waals surface area contributed by atoms with Gasteiger partial charge < -0.3 is 21.1 Å². The molecule has 31 heavy (non-hydrogen) atoms. The van der Waals surface area contributed by atoms with Gasteiger partial charge in [0.15, 0.2) is 5.17 Å². The number of hydrogen-bond donors (Lipinski definition) is 3. The average molecular weight is 479 g/mol. The first kappa shape index (κ1) is 23.0. The number of nitrogens with two attached hydrogens (primary N) is 1. The van der Waals surface area contributed by atoms with E-state index < -0.39 is 11.9 Å². The molecule has 0 unspecified atom stereocenters. The quantitative estimate of drug-likeness (QED) is 0.578. The molecule has 10 heteroatoms. The van der Waals surface area contributed by atoms with Gasteiger partial charge in [-0.05, 0) is 37.3 Å². The van der Waals surface area contributed by atoms with E-state index in [1.807, 2.05) is 0 Å². The predicted octanol–water partition coefficient (Wildman–Crippen LogP) is 4.13. The third-order valence-electron chi connectivity index (χ3n) is 4.47. The number of amides is 2. The average Bonchev–Trinajstić information content (AvgIpc) is 2.74. The van der Waals surface area contributed by atoms with Crippen molar-refractivity contribution in [2.75, 3.05) is 18.2 Å². The Morgan fingerprint density at radius 2 is 1.94 bits per heavy atom. The lowest BCUT2D eigenvalue weighted by Gasteiger charge is -2.26. The van der Waals surface area contributed by atoms with Crippen LogP contribution < -0.4 is 21.1 Å². The van der Waals surface area contributed by atoms with Crippen LogP contribution in [0.5, 0.6) is 5.75 Å². The number of allylic oxidation sites excluding steroid dienone is 1. The van der Waals surface area contributed by atoms with Crippen LogP contribution in [-0.2, 0) is 9.59 Å². The molecule has 0 aromatic heterocycles. The monoisotopic (exact) mass is 478 g/mol. The first-order valence-corrected chi connectivity index (χ1v) is 10.9. The zero-order chi connectivity index (χ0) is 22.5. The molecule has 2 aromatic rings. The number of carbonyl (C=O) groups is 2. The van der Waals surface area contributed by atoms with Crippen molar-refractivity contribution >= 4 is 57.6 Å². The van der Waals surface area contributed by atoms with E-state index in [1.54, 1.807) is 56.5 Å². The smallest absolute Gasteiger partial charge is 0.248 e. The van der Waals surface area contributed by atoms with Crippen molar-refractivity contribution in [3.63, 3.8) is 0 Å². The number of benzene rings is 2. The Hall–Kier alpha value is -2.68. The molecule has 1 atom stereocenters. The molecule has 0 saturated heterocycles. The Labute approximate surface area is 194 Å². The molecule has 1 aliphatic rings. The van der Waals surface area contributed by atoms with Crippen molar-refractivity contribution in [2.24, 2.45) is 10.7 Å². The van der Waals surface area contributed by atoms with Crippen LogP contribution >= 0.6 is 35.0 Å². The molecule has 3 rings (SSSR count). The minimum atomic E-state index is -0.725. The van der Waals surface area contributed by atoms with Gasteiger partial charge in [0.25, 0.3) is 0 Å². The van der Waals surface area contributed by atoms with Crippen molar-refractivity contribution in [3.05, 3.63) is 69.3 Å². The third kappa shape index (κ3) is 5.52. The van der Waals surface area contributed by atoms with Crippen LogP contribution in [0.4, 0.5) is 5.69 Å². The molecule has 1 heterocycles. The van der Waals surface area contributed by atoms with E-state index in [1.165, 1.54) is 11.8 Å². The van der Waals surface area contributed by atoms with Crippen molar-refractivity contribution in [3.8, 4) is 5.75 Å². The summed E-state index contributed by atoms with van der Waals surface area (Å²) in [6, 6.07) is 11.4. The van der Waals surface area contributed by atoms with E-state index in [-0.39, 0.29) is 17.2 Å². The van der Waals surface area contributed by atoms with Crippen molar-refractivity contribution in [2.45, 2.75) is 13.0 Å². The van der Waals surface area contributed by atoms with Crippen molar-refractivity contribution in [1.82, 2.24) is 5.32 Å². The maximum Gasteiger partial charge on any atom is 0.248 e. The Balaban J connectivity index is 1.75. The summed E-state index contributed by atoms with van der Waals surface area (Å²) in [6.45, 7) is 1.72. The van der Waals surface area contributed by atoms with E-state index in [0.717, 1.165) is 0 Å². The van der Waals surface area contributed by atoms with Gasteiger partial charge in [-0.2, -0.15) is 0 Å². The van der Waals surface area contributed by atoms with Gasteiger partial charge in [-0.3, -0.25) is 9.59 Å². The highest BCUT2D eigenvalue weighted by molar-refractivity contribution is 8.14. The molecule has 162 valence electrons. The lowest BCUT2D eigenvalue weighted by atomic mass is 9.96. The Morgan fingerprint density at radius 3 is 2.58 bits per heavy atom. The van der Waals surface area contributed by atoms with Gasteiger partial charge in [0.05, 0.1) is 28.5 Å². The molecular formula is C21H20Cl2N4O3S. The molecule has 0 aliphatic carbocycles. The summed E-state index contributed by atoms with van der Waals surface area (Å²) in [5, 5.41) is 6.96. The maximum atomic E-state index is 12.3. The minimum absolute atomic E-state index is 0.104. The topological polar surface area (TPSA) is 106 Å². The molecule has 0 fully saturated rings. The molecule has 2 amide bonds. The first-order chi connectivity index (χ1) is 14.8. The summed E-state index contributed by atoms with van der Waals surface area (Å²) < 4.78 is 5.10. The zero-order valence-corrected chi connectivity index (χ0v) is 19.1. The molecule has 2 aromatic carbocycles. The number of hydrogen-bond acceptors (Lipinski definition) is 6. The number of carbonyl (C=O) groups excluding carboxylic acids is 2. The fourth-order valence-corrected chi connectivity index (χ4v) is 4.16. The van der Waals surface area contributed by atoms with Crippen molar-refractivity contribution < 1.29 is 14.3 Å². The second-order valence-corrected chi connectivity index (χ2v) is 8.32. The summed E-state index contributed by atoms with van der Waals surface area (Å²) in [6.07, 6.45) is 0. The Kier molecular flexibility index (Phi) is 7.48. The van der Waals surface area contributed by atoms with Gasteiger partial charge in [0.1, 0.15) is 11.8 Å². The highest BCUT2D eigenvalue weighted by atomic mass is 35.5. The second kappa shape index (κ2) is 10.1. The van der Waals surface area contributed by atoms with Crippen LogP contribution in [0.2, 0.25) is 10.0 Å². The number of methoxy groups -OCH3 is 1. The van der Waals surface area contributed by atoms with Gasteiger partial charge in [-0.25, -0.2) is 4.99 Å². The number of halogens is 2. The van der Waals surface area contributed by atoms with E-state index in [4.69, 9.17) is 33.7 Å². The summed E-state index contributed by atoms with van der Waals surface area (Å²) >= 11 is 13.7. The third-order valence-corrected chi connectivity index (χ3v) is 6.19. The zero-order valence-electron chi connectivity index (χ0n) is 16.7. The van der Waals surface area contributed by atoms with Crippen LogP contribution in [0.15, 0.2) is 58.7 Å². The van der Waals surface area contributed by atoms with E-state index in [2.05, 4.69) is 15.6 Å². The van der Waals surface area contributed by atoms with E-state index in [0.29, 0.717) is 37.9 Å². The normalized spacial score (nSPS) is 15.7. The number of aliphatic imine (C=N–C) groups is 1.